The predicted octanol–water partition coefficient (Wildman–Crippen LogP) is 3.82. The summed E-state index contributed by atoms with van der Waals surface area (Å²) >= 11 is 3.40. The van der Waals surface area contributed by atoms with Crippen molar-refractivity contribution in [3.05, 3.63) is 86.7 Å². The molecule has 0 aliphatic heterocycles. The monoisotopic (exact) mass is 453 g/mol. The highest BCUT2D eigenvalue weighted by atomic mass is 79.9. The molecule has 8 heteroatoms. The van der Waals surface area contributed by atoms with Gasteiger partial charge in [-0.15, -0.1) is 0 Å². The molecule has 1 N–H and O–H groups in total. The average molecular weight is 454 g/mol. The Kier molecular flexibility index (Phi) is 5.18. The van der Waals surface area contributed by atoms with Gasteiger partial charge in [0.15, 0.2) is 5.65 Å². The van der Waals surface area contributed by atoms with E-state index in [-0.39, 0.29) is 17.9 Å². The van der Waals surface area contributed by atoms with E-state index in [1.165, 1.54) is 16.6 Å². The lowest BCUT2D eigenvalue weighted by atomic mass is 10.1. The minimum Gasteiger partial charge on any atom is -0.495 e. The normalized spacial score (nSPS) is 10.8. The number of methoxy groups -OCH3 is 1. The molecule has 0 saturated carbocycles. The fourth-order valence-electron chi connectivity index (χ4n) is 2.97. The second-order valence-corrected chi connectivity index (χ2v) is 7.07. The maximum absolute atomic E-state index is 12.5. The quantitative estimate of drug-likeness (QED) is 0.464. The molecule has 0 fully saturated rings. The number of ether oxygens (including phenoxy) is 2. The van der Waals surface area contributed by atoms with E-state index in [4.69, 9.17) is 9.47 Å². The number of hydrogen-bond donors (Lipinski definition) is 1. The maximum Gasteiger partial charge on any atom is 0.356 e. The second-order valence-electron chi connectivity index (χ2n) is 6.22. The van der Waals surface area contributed by atoms with Gasteiger partial charge in [0.2, 0.25) is 0 Å². The topological polar surface area (TPSA) is 85.7 Å². The number of esters is 1. The van der Waals surface area contributed by atoms with Crippen molar-refractivity contribution in [1.82, 2.24) is 14.6 Å². The first-order valence-electron chi connectivity index (χ1n) is 8.73. The largest absolute Gasteiger partial charge is 0.495 e. The number of fused-ring (bicyclic) bond motifs is 1. The van der Waals surface area contributed by atoms with Crippen molar-refractivity contribution in [2.45, 2.75) is 6.61 Å². The lowest BCUT2D eigenvalue weighted by Crippen LogP contribution is -2.15. The highest BCUT2D eigenvalue weighted by Crippen LogP contribution is 2.29. The number of halogens is 1. The molecular formula is C21H16BrN3O4. The molecule has 0 spiro atoms. The number of rotatable bonds is 5. The number of nitrogens with one attached hydrogen (secondary N) is 1. The fraction of sp³-hybridized carbons (Fsp3) is 0.0952. The summed E-state index contributed by atoms with van der Waals surface area (Å²) in [5.74, 6) is 0.000487. The Morgan fingerprint density at radius 1 is 1.14 bits per heavy atom. The van der Waals surface area contributed by atoms with Gasteiger partial charge in [0.1, 0.15) is 18.1 Å². The smallest absolute Gasteiger partial charge is 0.356 e. The molecule has 4 aromatic rings. The number of benzene rings is 2. The van der Waals surface area contributed by atoms with Crippen molar-refractivity contribution < 1.29 is 14.3 Å². The number of para-hydroxylation sites is 1. The van der Waals surface area contributed by atoms with Gasteiger partial charge >= 0.3 is 5.97 Å². The Balaban J connectivity index is 1.60. The van der Waals surface area contributed by atoms with Crippen LogP contribution in [0.1, 0.15) is 16.1 Å². The molecular weight excluding hydrogens is 438 g/mol. The van der Waals surface area contributed by atoms with Crippen molar-refractivity contribution in [1.29, 1.82) is 0 Å². The van der Waals surface area contributed by atoms with Crippen LogP contribution in [-0.2, 0) is 11.3 Å². The van der Waals surface area contributed by atoms with Crippen LogP contribution in [0.25, 0.3) is 16.9 Å². The van der Waals surface area contributed by atoms with Gasteiger partial charge in [-0.1, -0.05) is 42.5 Å². The Morgan fingerprint density at radius 3 is 2.69 bits per heavy atom. The molecule has 29 heavy (non-hydrogen) atoms. The van der Waals surface area contributed by atoms with Crippen molar-refractivity contribution >= 4 is 27.5 Å². The van der Waals surface area contributed by atoms with Crippen LogP contribution in [0.15, 0.2) is 69.9 Å². The van der Waals surface area contributed by atoms with Crippen LogP contribution in [0.5, 0.6) is 5.75 Å². The Morgan fingerprint density at radius 2 is 1.93 bits per heavy atom. The number of nitrogens with zero attached hydrogens (tertiary/aromatic N) is 2. The van der Waals surface area contributed by atoms with Gasteiger partial charge in [-0.3, -0.25) is 9.89 Å². The zero-order valence-corrected chi connectivity index (χ0v) is 17.0. The zero-order valence-electron chi connectivity index (χ0n) is 15.4. The summed E-state index contributed by atoms with van der Waals surface area (Å²) in [5.41, 5.74) is 2.22. The first-order chi connectivity index (χ1) is 14.1. The fourth-order valence-corrected chi connectivity index (χ4v) is 3.54. The Hall–Kier alpha value is -3.39. The number of hydrogen-bond acceptors (Lipinski definition) is 5. The van der Waals surface area contributed by atoms with Crippen LogP contribution in [-0.4, -0.2) is 27.7 Å². The van der Waals surface area contributed by atoms with Gasteiger partial charge in [0.25, 0.3) is 5.56 Å². The minimum absolute atomic E-state index is 0.0222. The number of carbonyl (C=O) groups excluding carboxylic acids is 1. The number of H-pyrrole nitrogens is 1. The van der Waals surface area contributed by atoms with Crippen molar-refractivity contribution in [2.24, 2.45) is 0 Å². The summed E-state index contributed by atoms with van der Waals surface area (Å²) < 4.78 is 12.7. The number of aromatic amines is 1. The Labute approximate surface area is 174 Å². The van der Waals surface area contributed by atoms with Crippen LogP contribution >= 0.6 is 15.9 Å². The van der Waals surface area contributed by atoms with Gasteiger partial charge in [-0.2, -0.15) is 0 Å². The average Bonchev–Trinajstić information content (AvgIpc) is 3.18. The number of carbonyl (C=O) groups is 1. The van der Waals surface area contributed by atoms with E-state index in [0.717, 1.165) is 10.0 Å². The van der Waals surface area contributed by atoms with Crippen molar-refractivity contribution in [2.75, 3.05) is 7.11 Å². The molecule has 0 bridgehead atoms. The SMILES string of the molecule is COc1c(Br)cccc1COC(=O)c1cc2nc(-c3ccccc3)cc(=O)n2[nH]1. The van der Waals surface area contributed by atoms with Crippen LogP contribution in [0.2, 0.25) is 0 Å². The van der Waals surface area contributed by atoms with E-state index in [0.29, 0.717) is 22.7 Å². The van der Waals surface area contributed by atoms with Gasteiger partial charge in [0, 0.05) is 23.3 Å². The lowest BCUT2D eigenvalue weighted by molar-refractivity contribution is 0.0462. The van der Waals surface area contributed by atoms with Crippen LogP contribution in [0.4, 0.5) is 0 Å². The number of aromatic nitrogens is 3. The predicted molar refractivity (Wildman–Crippen MR) is 111 cm³/mol. The van der Waals surface area contributed by atoms with Crippen molar-refractivity contribution in [3.8, 4) is 17.0 Å². The van der Waals surface area contributed by atoms with E-state index in [9.17, 15) is 9.59 Å². The molecule has 0 aliphatic rings. The van der Waals surface area contributed by atoms with E-state index in [2.05, 4.69) is 26.0 Å². The third-order valence-electron chi connectivity index (χ3n) is 4.35. The molecule has 0 saturated heterocycles. The molecule has 2 aromatic heterocycles. The van der Waals surface area contributed by atoms with Gasteiger partial charge in [0.05, 0.1) is 17.3 Å². The van der Waals surface area contributed by atoms with Crippen LogP contribution < -0.4 is 10.3 Å². The summed E-state index contributed by atoms with van der Waals surface area (Å²) in [6, 6.07) is 17.7. The van der Waals surface area contributed by atoms with Crippen LogP contribution in [0, 0.1) is 0 Å². The molecule has 0 aliphatic carbocycles. The molecule has 2 aromatic carbocycles. The molecule has 2 heterocycles. The Bertz CT molecular complexity index is 1250. The molecule has 146 valence electrons. The second kappa shape index (κ2) is 7.92. The summed E-state index contributed by atoms with van der Waals surface area (Å²) in [5, 5.41) is 2.75. The maximum atomic E-state index is 12.5. The van der Waals surface area contributed by atoms with E-state index >= 15 is 0 Å². The van der Waals surface area contributed by atoms with Crippen molar-refractivity contribution in [3.63, 3.8) is 0 Å². The van der Waals surface area contributed by atoms with Gasteiger partial charge < -0.3 is 9.47 Å². The molecule has 4 rings (SSSR count). The van der Waals surface area contributed by atoms with E-state index in [1.54, 1.807) is 13.2 Å². The molecule has 7 nitrogen and oxygen atoms in total. The lowest BCUT2D eigenvalue weighted by Gasteiger charge is -2.10. The summed E-state index contributed by atoms with van der Waals surface area (Å²) in [6.07, 6.45) is 0. The third kappa shape index (κ3) is 3.79. The summed E-state index contributed by atoms with van der Waals surface area (Å²) in [7, 11) is 1.55. The first kappa shape index (κ1) is 18.9. The third-order valence-corrected chi connectivity index (χ3v) is 4.98. The van der Waals surface area contributed by atoms with E-state index < -0.39 is 5.97 Å². The summed E-state index contributed by atoms with van der Waals surface area (Å²) in [6.45, 7) is 0.0222. The van der Waals surface area contributed by atoms with E-state index in [1.807, 2.05) is 42.5 Å². The van der Waals surface area contributed by atoms with Crippen LogP contribution in [0.3, 0.4) is 0 Å². The minimum atomic E-state index is -0.599. The first-order valence-corrected chi connectivity index (χ1v) is 9.53. The summed E-state index contributed by atoms with van der Waals surface area (Å²) in [4.78, 5) is 29.4. The van der Waals surface area contributed by atoms with Gasteiger partial charge in [-0.05, 0) is 22.0 Å². The highest BCUT2D eigenvalue weighted by molar-refractivity contribution is 9.10. The standard InChI is InChI=1S/C21H16BrN3O4/c1-28-20-14(8-5-9-15(20)22)12-29-21(27)17-10-18-23-16(11-19(26)25(18)24-17)13-6-3-2-4-7-13/h2-11,24H,12H2,1H3. The molecule has 0 atom stereocenters. The highest BCUT2D eigenvalue weighted by Gasteiger charge is 2.16. The van der Waals surface area contributed by atoms with Gasteiger partial charge in [-0.25, -0.2) is 14.3 Å². The molecule has 0 radical (unpaired) electrons. The molecule has 0 unspecified atom stereocenters. The zero-order chi connectivity index (χ0) is 20.4. The molecule has 0 amide bonds.